The van der Waals surface area contributed by atoms with Crippen LogP contribution in [0.2, 0.25) is 0 Å². The number of thioether (sulfide) groups is 1. The Hall–Kier alpha value is -1.53. The van der Waals surface area contributed by atoms with Gasteiger partial charge in [0, 0.05) is 18.5 Å². The largest absolute Gasteiger partial charge is 0.456 e. The molecule has 4 saturated carbocycles. The van der Waals surface area contributed by atoms with Gasteiger partial charge >= 0.3 is 5.97 Å². The molecule has 5 nitrogen and oxygen atoms in total. The minimum Gasteiger partial charge on any atom is -0.456 e. The van der Waals surface area contributed by atoms with Crippen LogP contribution < -0.4 is 0 Å². The number of carbonyl (C=O) groups excluding carboxylic acids is 2. The maximum atomic E-state index is 12.5. The van der Waals surface area contributed by atoms with Gasteiger partial charge in [-0.3, -0.25) is 9.59 Å². The average Bonchev–Trinajstić information content (AvgIpc) is 2.64. The van der Waals surface area contributed by atoms with E-state index in [0.29, 0.717) is 31.2 Å². The predicted molar refractivity (Wildman–Crippen MR) is 112 cm³/mol. The summed E-state index contributed by atoms with van der Waals surface area (Å²) in [5.74, 6) is 0.580. The molecule has 4 aliphatic rings. The van der Waals surface area contributed by atoms with Gasteiger partial charge in [0.25, 0.3) is 5.91 Å². The third-order valence-electron chi connectivity index (χ3n) is 7.03. The van der Waals surface area contributed by atoms with E-state index in [1.165, 1.54) is 11.3 Å². The Morgan fingerprint density at radius 3 is 2.41 bits per heavy atom. The number of aliphatic hydroxyl groups is 1. The first-order valence-electron chi connectivity index (χ1n) is 10.5. The summed E-state index contributed by atoms with van der Waals surface area (Å²) >= 11 is 1.68. The normalized spacial score (nSPS) is 32.2. The fourth-order valence-corrected chi connectivity index (χ4v) is 6.72. The van der Waals surface area contributed by atoms with Crippen LogP contribution in [0.3, 0.4) is 0 Å². The molecule has 4 fully saturated rings. The Labute approximate surface area is 177 Å². The Morgan fingerprint density at radius 1 is 1.17 bits per heavy atom. The van der Waals surface area contributed by atoms with Crippen molar-refractivity contribution < 1.29 is 19.4 Å². The summed E-state index contributed by atoms with van der Waals surface area (Å²) in [6.45, 7) is 0.275. The van der Waals surface area contributed by atoms with Crippen LogP contribution in [0.5, 0.6) is 0 Å². The molecule has 158 valence electrons. The Bertz CT molecular complexity index is 764. The second-order valence-electron chi connectivity index (χ2n) is 9.62. The zero-order chi connectivity index (χ0) is 20.6. The summed E-state index contributed by atoms with van der Waals surface area (Å²) in [5, 5.41) is 10.8. The van der Waals surface area contributed by atoms with Crippen LogP contribution in [0.4, 0.5) is 0 Å². The standard InChI is InChI=1S/C23H31NO4S/c1-24(13-16-3-5-19(29-2)6-4-16)20(25)14-28-21(26)12-22-8-17-7-18(9-22)11-23(27,10-17)15-22/h3-6,17-18,27H,7-15H2,1-2H3/t17-,18+,22?,23?. The first kappa shape index (κ1) is 20.7. The predicted octanol–water partition coefficient (Wildman–Crippen LogP) is 3.63. The summed E-state index contributed by atoms with van der Waals surface area (Å²) in [6, 6.07) is 8.11. The Balaban J connectivity index is 1.26. The molecular weight excluding hydrogens is 386 g/mol. The van der Waals surface area contributed by atoms with Crippen molar-refractivity contribution in [2.75, 3.05) is 19.9 Å². The number of amides is 1. The second-order valence-corrected chi connectivity index (χ2v) is 10.5. The zero-order valence-electron chi connectivity index (χ0n) is 17.4. The summed E-state index contributed by atoms with van der Waals surface area (Å²) in [6.07, 6.45) is 8.07. The molecule has 6 heteroatoms. The van der Waals surface area contributed by atoms with Crippen LogP contribution in [0.15, 0.2) is 29.2 Å². The molecule has 1 aromatic rings. The van der Waals surface area contributed by atoms with Crippen molar-refractivity contribution in [1.29, 1.82) is 0 Å². The van der Waals surface area contributed by atoms with Crippen molar-refractivity contribution in [3.63, 3.8) is 0 Å². The number of hydrogen-bond donors (Lipinski definition) is 1. The lowest BCUT2D eigenvalue weighted by Crippen LogP contribution is -2.56. The second kappa shape index (κ2) is 7.95. The number of esters is 1. The van der Waals surface area contributed by atoms with Crippen molar-refractivity contribution in [2.45, 2.75) is 62.0 Å². The van der Waals surface area contributed by atoms with E-state index in [0.717, 1.165) is 31.2 Å². The monoisotopic (exact) mass is 417 g/mol. The zero-order valence-corrected chi connectivity index (χ0v) is 18.2. The van der Waals surface area contributed by atoms with Crippen molar-refractivity contribution in [3.8, 4) is 0 Å². The fraction of sp³-hybridized carbons (Fsp3) is 0.652. The quantitative estimate of drug-likeness (QED) is 0.542. The van der Waals surface area contributed by atoms with Gasteiger partial charge in [-0.05, 0) is 79.7 Å². The van der Waals surface area contributed by atoms with Crippen LogP contribution in [-0.4, -0.2) is 47.4 Å². The number of benzene rings is 1. The lowest BCUT2D eigenvalue weighted by atomic mass is 9.47. The average molecular weight is 418 g/mol. The molecule has 1 N–H and O–H groups in total. The van der Waals surface area contributed by atoms with Crippen molar-refractivity contribution in [3.05, 3.63) is 29.8 Å². The van der Waals surface area contributed by atoms with E-state index in [1.54, 1.807) is 23.7 Å². The first-order valence-corrected chi connectivity index (χ1v) is 11.8. The molecule has 4 bridgehead atoms. The van der Waals surface area contributed by atoms with E-state index in [1.807, 2.05) is 30.5 Å². The van der Waals surface area contributed by atoms with E-state index < -0.39 is 5.60 Å². The van der Waals surface area contributed by atoms with Gasteiger partial charge in [-0.25, -0.2) is 0 Å². The maximum Gasteiger partial charge on any atom is 0.306 e. The highest BCUT2D eigenvalue weighted by Gasteiger charge is 2.57. The van der Waals surface area contributed by atoms with Gasteiger partial charge < -0.3 is 14.7 Å². The maximum absolute atomic E-state index is 12.5. The molecule has 0 spiro atoms. The van der Waals surface area contributed by atoms with Crippen LogP contribution in [0.1, 0.15) is 50.5 Å². The van der Waals surface area contributed by atoms with E-state index in [4.69, 9.17) is 4.74 Å². The van der Waals surface area contributed by atoms with Gasteiger partial charge in [-0.2, -0.15) is 0 Å². The van der Waals surface area contributed by atoms with Gasteiger partial charge in [0.1, 0.15) is 0 Å². The van der Waals surface area contributed by atoms with Gasteiger partial charge in [0.2, 0.25) is 0 Å². The molecule has 0 saturated heterocycles. The topological polar surface area (TPSA) is 66.8 Å². The van der Waals surface area contributed by atoms with Crippen molar-refractivity contribution in [2.24, 2.45) is 17.3 Å². The number of likely N-dealkylation sites (N-methyl/N-ethyl adjacent to an activating group) is 1. The third-order valence-corrected chi connectivity index (χ3v) is 7.78. The van der Waals surface area contributed by atoms with E-state index in [2.05, 4.69) is 0 Å². The molecule has 0 radical (unpaired) electrons. The number of ether oxygens (including phenoxy) is 1. The highest BCUT2D eigenvalue weighted by atomic mass is 32.2. The molecule has 2 unspecified atom stereocenters. The van der Waals surface area contributed by atoms with Gasteiger partial charge in [0.05, 0.1) is 12.0 Å². The van der Waals surface area contributed by atoms with Crippen LogP contribution in [-0.2, 0) is 20.9 Å². The molecule has 4 atom stereocenters. The summed E-state index contributed by atoms with van der Waals surface area (Å²) < 4.78 is 5.36. The summed E-state index contributed by atoms with van der Waals surface area (Å²) in [5.41, 5.74) is 0.350. The molecular formula is C23H31NO4S. The number of rotatable bonds is 7. The Kier molecular flexibility index (Phi) is 5.68. The van der Waals surface area contributed by atoms with Crippen LogP contribution in [0, 0.1) is 17.3 Å². The lowest BCUT2D eigenvalue weighted by molar-refractivity contribution is -0.178. The minimum absolute atomic E-state index is 0.121. The molecule has 4 aliphatic carbocycles. The van der Waals surface area contributed by atoms with Crippen molar-refractivity contribution >= 4 is 23.6 Å². The summed E-state index contributed by atoms with van der Waals surface area (Å²) in [7, 11) is 1.73. The van der Waals surface area contributed by atoms with Crippen LogP contribution >= 0.6 is 11.8 Å². The van der Waals surface area contributed by atoms with Gasteiger partial charge in [0.15, 0.2) is 6.61 Å². The molecule has 29 heavy (non-hydrogen) atoms. The molecule has 0 aromatic heterocycles. The van der Waals surface area contributed by atoms with Crippen LogP contribution in [0.25, 0.3) is 0 Å². The molecule has 5 rings (SSSR count). The van der Waals surface area contributed by atoms with Gasteiger partial charge in [-0.15, -0.1) is 11.8 Å². The summed E-state index contributed by atoms with van der Waals surface area (Å²) in [4.78, 5) is 27.7. The van der Waals surface area contributed by atoms with E-state index in [-0.39, 0.29) is 23.9 Å². The fourth-order valence-electron chi connectivity index (χ4n) is 6.31. The SMILES string of the molecule is CSc1ccc(CN(C)C(=O)COC(=O)CC23C[C@@H]4C[C@@H](CC(O)(C4)C2)C3)cc1. The lowest BCUT2D eigenvalue weighted by Gasteiger charge is -2.60. The number of nitrogens with zero attached hydrogens (tertiary/aromatic N) is 1. The Morgan fingerprint density at radius 2 is 1.83 bits per heavy atom. The smallest absolute Gasteiger partial charge is 0.306 e. The van der Waals surface area contributed by atoms with E-state index in [9.17, 15) is 14.7 Å². The van der Waals surface area contributed by atoms with E-state index >= 15 is 0 Å². The highest BCUT2D eigenvalue weighted by molar-refractivity contribution is 7.98. The first-order chi connectivity index (χ1) is 13.8. The third kappa shape index (κ3) is 4.64. The number of hydrogen-bond acceptors (Lipinski definition) is 5. The number of carbonyl (C=O) groups is 2. The van der Waals surface area contributed by atoms with Gasteiger partial charge in [-0.1, -0.05) is 12.1 Å². The molecule has 1 aromatic carbocycles. The molecule has 0 heterocycles. The minimum atomic E-state index is -0.577. The molecule has 1 amide bonds. The van der Waals surface area contributed by atoms with Crippen molar-refractivity contribution in [1.82, 2.24) is 4.90 Å². The highest BCUT2D eigenvalue weighted by Crippen LogP contribution is 2.62. The molecule has 0 aliphatic heterocycles.